The van der Waals surface area contributed by atoms with E-state index in [4.69, 9.17) is 4.74 Å². The van der Waals surface area contributed by atoms with Crippen LogP contribution in [-0.2, 0) is 4.74 Å². The number of hydrogen-bond donors (Lipinski definition) is 0. The first kappa shape index (κ1) is 8.96. The quantitative estimate of drug-likeness (QED) is 0.501. The monoisotopic (exact) mass is 129 g/mol. The summed E-state index contributed by atoms with van der Waals surface area (Å²) >= 11 is 0. The topological polar surface area (TPSA) is 9.23 Å². The molecule has 0 aliphatic carbocycles. The van der Waals surface area contributed by atoms with Gasteiger partial charge in [-0.05, 0) is 12.8 Å². The molecule has 0 aromatic carbocycles. The Morgan fingerprint density at radius 2 is 2.00 bits per heavy atom. The average Bonchev–Trinajstić information content (AvgIpc) is 1.89. The maximum atomic E-state index is 5.16. The molecule has 0 aliphatic heterocycles. The van der Waals surface area contributed by atoms with Crippen LogP contribution in [0, 0.1) is 6.61 Å². The minimum Gasteiger partial charge on any atom is -0.376 e. The molecule has 1 heteroatoms. The molecule has 1 radical (unpaired) electrons. The highest BCUT2D eigenvalue weighted by Crippen LogP contribution is 1.96. The third-order valence-corrected chi connectivity index (χ3v) is 1.15. The van der Waals surface area contributed by atoms with Crippen LogP contribution in [0.25, 0.3) is 0 Å². The van der Waals surface area contributed by atoms with Crippen LogP contribution in [0.15, 0.2) is 0 Å². The zero-order chi connectivity index (χ0) is 6.95. The molecule has 0 saturated heterocycles. The van der Waals surface area contributed by atoms with Crippen molar-refractivity contribution in [1.82, 2.24) is 0 Å². The van der Waals surface area contributed by atoms with E-state index >= 15 is 0 Å². The largest absolute Gasteiger partial charge is 0.376 e. The molecular weight excluding hydrogens is 112 g/mol. The van der Waals surface area contributed by atoms with Gasteiger partial charge in [-0.3, -0.25) is 0 Å². The first-order valence-electron chi connectivity index (χ1n) is 3.85. The average molecular weight is 129 g/mol. The molecule has 0 saturated carbocycles. The Hall–Kier alpha value is -0.0400. The van der Waals surface area contributed by atoms with Gasteiger partial charge >= 0.3 is 0 Å². The van der Waals surface area contributed by atoms with Crippen LogP contribution in [0.1, 0.15) is 39.5 Å². The van der Waals surface area contributed by atoms with Crippen molar-refractivity contribution >= 4 is 0 Å². The minimum atomic E-state index is 0.904. The van der Waals surface area contributed by atoms with Crippen LogP contribution in [0.3, 0.4) is 0 Å². The predicted molar refractivity (Wildman–Crippen MR) is 40.1 cm³/mol. The summed E-state index contributed by atoms with van der Waals surface area (Å²) < 4.78 is 5.16. The smallest absolute Gasteiger partial charge is 0.0833 e. The molecule has 0 amide bonds. The Morgan fingerprint density at radius 1 is 1.22 bits per heavy atom. The summed E-state index contributed by atoms with van der Waals surface area (Å²) in [5.74, 6) is 0. The van der Waals surface area contributed by atoms with E-state index in [-0.39, 0.29) is 0 Å². The third-order valence-electron chi connectivity index (χ3n) is 1.15. The van der Waals surface area contributed by atoms with Crippen LogP contribution in [-0.4, -0.2) is 6.61 Å². The van der Waals surface area contributed by atoms with Crippen molar-refractivity contribution in [2.75, 3.05) is 6.61 Å². The molecule has 0 aliphatic rings. The van der Waals surface area contributed by atoms with E-state index in [0.717, 1.165) is 13.0 Å². The van der Waals surface area contributed by atoms with Crippen molar-refractivity contribution in [2.45, 2.75) is 39.5 Å². The second kappa shape index (κ2) is 7.96. The molecule has 9 heavy (non-hydrogen) atoms. The van der Waals surface area contributed by atoms with Crippen molar-refractivity contribution in [3.63, 3.8) is 0 Å². The van der Waals surface area contributed by atoms with Gasteiger partial charge in [0.15, 0.2) is 0 Å². The van der Waals surface area contributed by atoms with E-state index in [1.54, 1.807) is 0 Å². The molecule has 0 N–H and O–H groups in total. The highest BCUT2D eigenvalue weighted by molar-refractivity contribution is 4.44. The number of unbranched alkanes of at least 4 members (excludes halogenated alkanes) is 2. The lowest BCUT2D eigenvalue weighted by atomic mass is 10.3. The van der Waals surface area contributed by atoms with Gasteiger partial charge in [-0.2, -0.15) is 0 Å². The van der Waals surface area contributed by atoms with Gasteiger partial charge in [-0.25, -0.2) is 0 Å². The van der Waals surface area contributed by atoms with Gasteiger partial charge < -0.3 is 4.74 Å². The fraction of sp³-hybridized carbons (Fsp3) is 0.875. The Morgan fingerprint density at radius 3 is 2.56 bits per heavy atom. The Labute approximate surface area is 58.4 Å². The zero-order valence-electron chi connectivity index (χ0n) is 6.52. The number of ether oxygens (including phenoxy) is 1. The first-order valence-corrected chi connectivity index (χ1v) is 3.85. The van der Waals surface area contributed by atoms with Crippen molar-refractivity contribution in [1.29, 1.82) is 0 Å². The van der Waals surface area contributed by atoms with Gasteiger partial charge in [0.05, 0.1) is 6.61 Å². The van der Waals surface area contributed by atoms with Gasteiger partial charge in [0, 0.05) is 6.61 Å². The molecular formula is C8H17O. The summed E-state index contributed by atoms with van der Waals surface area (Å²) in [6.07, 6.45) is 4.78. The number of rotatable bonds is 6. The highest BCUT2D eigenvalue weighted by Gasteiger charge is 1.85. The lowest BCUT2D eigenvalue weighted by molar-refractivity contribution is 0.188. The van der Waals surface area contributed by atoms with E-state index in [1.807, 2.05) is 6.61 Å². The molecule has 1 nitrogen and oxygen atoms in total. The van der Waals surface area contributed by atoms with Crippen LogP contribution < -0.4 is 0 Å². The lowest BCUT2D eigenvalue weighted by Gasteiger charge is -1.98. The fourth-order valence-electron chi connectivity index (χ4n) is 0.637. The molecule has 0 unspecified atom stereocenters. The summed E-state index contributed by atoms with van der Waals surface area (Å²) in [7, 11) is 0. The maximum Gasteiger partial charge on any atom is 0.0833 e. The summed E-state index contributed by atoms with van der Waals surface area (Å²) in [6, 6.07) is 0. The van der Waals surface area contributed by atoms with Crippen molar-refractivity contribution < 1.29 is 4.74 Å². The Bertz CT molecular complexity index is 37.8. The molecule has 0 heterocycles. The van der Waals surface area contributed by atoms with Crippen LogP contribution in [0.4, 0.5) is 0 Å². The molecule has 55 valence electrons. The number of hydrogen-bond acceptors (Lipinski definition) is 1. The third kappa shape index (κ3) is 7.96. The van der Waals surface area contributed by atoms with E-state index < -0.39 is 0 Å². The summed E-state index contributed by atoms with van der Waals surface area (Å²) in [4.78, 5) is 0. The summed E-state index contributed by atoms with van der Waals surface area (Å²) in [5, 5.41) is 0. The SMILES string of the molecule is CC[CH]OCCCCC. The molecule has 0 rings (SSSR count). The molecule has 0 atom stereocenters. The second-order valence-electron chi connectivity index (χ2n) is 2.15. The lowest BCUT2D eigenvalue weighted by Crippen LogP contribution is -1.89. The Balaban J connectivity index is 2.60. The molecule has 0 aromatic heterocycles. The molecule has 0 bridgehead atoms. The van der Waals surface area contributed by atoms with Crippen LogP contribution in [0.5, 0.6) is 0 Å². The van der Waals surface area contributed by atoms with Crippen molar-refractivity contribution in [3.8, 4) is 0 Å². The molecule has 0 spiro atoms. The van der Waals surface area contributed by atoms with E-state index in [2.05, 4.69) is 13.8 Å². The van der Waals surface area contributed by atoms with Crippen molar-refractivity contribution in [3.05, 3.63) is 6.61 Å². The van der Waals surface area contributed by atoms with Crippen molar-refractivity contribution in [2.24, 2.45) is 0 Å². The van der Waals surface area contributed by atoms with Gasteiger partial charge in [0.2, 0.25) is 0 Å². The second-order valence-corrected chi connectivity index (χ2v) is 2.15. The highest BCUT2D eigenvalue weighted by atomic mass is 16.5. The van der Waals surface area contributed by atoms with E-state index in [1.165, 1.54) is 19.3 Å². The first-order chi connectivity index (χ1) is 4.41. The zero-order valence-corrected chi connectivity index (χ0v) is 6.52. The summed E-state index contributed by atoms with van der Waals surface area (Å²) in [6.45, 7) is 7.06. The fourth-order valence-corrected chi connectivity index (χ4v) is 0.637. The normalized spacial score (nSPS) is 10.0. The Kier molecular flexibility index (Phi) is 7.92. The summed E-state index contributed by atoms with van der Waals surface area (Å²) in [5.41, 5.74) is 0. The molecule has 0 fully saturated rings. The predicted octanol–water partition coefficient (Wildman–Crippen LogP) is 2.76. The molecule has 0 aromatic rings. The van der Waals surface area contributed by atoms with Crippen LogP contribution >= 0.6 is 0 Å². The van der Waals surface area contributed by atoms with Crippen LogP contribution in [0.2, 0.25) is 0 Å². The van der Waals surface area contributed by atoms with E-state index in [9.17, 15) is 0 Å². The van der Waals surface area contributed by atoms with E-state index in [0.29, 0.717) is 0 Å². The van der Waals surface area contributed by atoms with Gasteiger partial charge in [-0.1, -0.05) is 26.7 Å². The minimum absolute atomic E-state index is 0.904. The standard InChI is InChI=1S/C8H17O/c1-3-5-6-8-9-7-4-2/h7H,3-6,8H2,1-2H3. The van der Waals surface area contributed by atoms with Gasteiger partial charge in [0.1, 0.15) is 0 Å². The van der Waals surface area contributed by atoms with Gasteiger partial charge in [-0.15, -0.1) is 0 Å². The maximum absolute atomic E-state index is 5.16. The van der Waals surface area contributed by atoms with Gasteiger partial charge in [0.25, 0.3) is 0 Å².